The van der Waals surface area contributed by atoms with Crippen LogP contribution in [-0.4, -0.2) is 61.8 Å². The van der Waals surface area contributed by atoms with Gasteiger partial charge in [0.25, 0.3) is 17.2 Å². The van der Waals surface area contributed by atoms with Crippen molar-refractivity contribution in [3.63, 3.8) is 0 Å². The molecule has 13 nitrogen and oxygen atoms in total. The van der Waals surface area contributed by atoms with Crippen molar-refractivity contribution in [2.45, 2.75) is 62.7 Å². The van der Waals surface area contributed by atoms with E-state index in [9.17, 15) is 24.8 Å². The predicted octanol–water partition coefficient (Wildman–Crippen LogP) is 6.35. The van der Waals surface area contributed by atoms with Gasteiger partial charge in [0.05, 0.1) is 58.1 Å². The van der Waals surface area contributed by atoms with Crippen LogP contribution in [0, 0.1) is 16.0 Å². The lowest BCUT2D eigenvalue weighted by atomic mass is 9.82. The molecular weight excluding hydrogens is 722 g/mol. The summed E-state index contributed by atoms with van der Waals surface area (Å²) in [6, 6.07) is 28.3. The first-order chi connectivity index (χ1) is 26.4. The second kappa shape index (κ2) is 13.8. The molecule has 55 heavy (non-hydrogen) atoms. The molecule has 4 heterocycles. The number of rotatable bonds is 11. The van der Waals surface area contributed by atoms with E-state index in [4.69, 9.17) is 4.74 Å². The van der Waals surface area contributed by atoms with Crippen LogP contribution in [0.15, 0.2) is 108 Å². The van der Waals surface area contributed by atoms with Gasteiger partial charge in [-0.05, 0) is 61.0 Å². The highest BCUT2D eigenvalue weighted by molar-refractivity contribution is 6.72. The predicted molar refractivity (Wildman–Crippen MR) is 206 cm³/mol. The van der Waals surface area contributed by atoms with Crippen molar-refractivity contribution in [3.8, 4) is 5.69 Å². The molecule has 0 aliphatic carbocycles. The third-order valence-electron chi connectivity index (χ3n) is 11.2. The Morgan fingerprint density at radius 3 is 2.45 bits per heavy atom. The first-order valence-corrected chi connectivity index (χ1v) is 21.2. The number of carbonyl (C=O) groups excluding carboxylic acids is 1. The number of aryl methyl sites for hydroxylation is 1. The number of hydrogen-bond acceptors (Lipinski definition) is 8. The van der Waals surface area contributed by atoms with Crippen LogP contribution in [-0.2, 0) is 28.2 Å². The number of halogens is 1. The molecule has 0 bridgehead atoms. The lowest BCUT2D eigenvalue weighted by molar-refractivity contribution is -0.385. The van der Waals surface area contributed by atoms with Gasteiger partial charge in [-0.3, -0.25) is 29.5 Å². The monoisotopic (exact) mass is 761 g/mol. The number of non-ortho nitro benzene ring substituents is 1. The highest BCUT2D eigenvalue weighted by Gasteiger charge is 2.66. The summed E-state index contributed by atoms with van der Waals surface area (Å²) in [4.78, 5) is 41.0. The summed E-state index contributed by atoms with van der Waals surface area (Å²) in [5.74, 6) is -1.43. The van der Waals surface area contributed by atoms with E-state index in [0.29, 0.717) is 46.5 Å². The van der Waals surface area contributed by atoms with Gasteiger partial charge in [0.2, 0.25) is 8.41 Å². The van der Waals surface area contributed by atoms with Crippen LogP contribution >= 0.6 is 0 Å². The molecule has 15 heteroatoms. The second-order valence-electron chi connectivity index (χ2n) is 14.9. The van der Waals surface area contributed by atoms with Crippen molar-refractivity contribution in [3.05, 3.63) is 146 Å². The molecule has 1 fully saturated rings. The average molecular weight is 762 g/mol. The number of para-hydroxylation sites is 1. The number of anilines is 1. The highest BCUT2D eigenvalue weighted by atomic mass is 28.4. The summed E-state index contributed by atoms with van der Waals surface area (Å²) < 4.78 is 26.4. The molecule has 1 amide bonds. The fourth-order valence-corrected chi connectivity index (χ4v) is 11.2. The van der Waals surface area contributed by atoms with E-state index in [1.54, 1.807) is 59.2 Å². The topological polar surface area (TPSA) is 161 Å². The van der Waals surface area contributed by atoms with E-state index in [-0.39, 0.29) is 30.3 Å². The van der Waals surface area contributed by atoms with Crippen LogP contribution in [0.25, 0.3) is 16.6 Å². The van der Waals surface area contributed by atoms with Crippen molar-refractivity contribution in [1.82, 2.24) is 24.8 Å². The Kier molecular flexibility index (Phi) is 9.10. The number of nitro groups is 1. The average Bonchev–Trinajstić information content (AvgIpc) is 3.92. The molecule has 4 aromatic carbocycles. The molecule has 2 N–H and O–H groups in total. The molecule has 2 aliphatic heterocycles. The number of amides is 1. The molecule has 0 radical (unpaired) electrons. The number of nitro benzene ring substituents is 1. The van der Waals surface area contributed by atoms with Gasteiger partial charge in [-0.25, -0.2) is 4.68 Å². The molecule has 2 aromatic heterocycles. The number of aliphatic hydroxyl groups is 1. The number of hydrogen-bond donors (Lipinski definition) is 2. The Morgan fingerprint density at radius 2 is 1.76 bits per heavy atom. The molecule has 8 rings (SSSR count). The maximum atomic E-state index is 16.5. The summed E-state index contributed by atoms with van der Waals surface area (Å²) in [6.07, 6.45) is 1.36. The molecule has 282 valence electrons. The minimum atomic E-state index is -3.52. The maximum absolute atomic E-state index is 16.5. The van der Waals surface area contributed by atoms with Gasteiger partial charge in [0, 0.05) is 41.9 Å². The number of H-pyrrole nitrogens is 1. The van der Waals surface area contributed by atoms with Gasteiger partial charge in [-0.15, -0.1) is 5.10 Å². The van der Waals surface area contributed by atoms with Gasteiger partial charge in [0.15, 0.2) is 5.60 Å². The van der Waals surface area contributed by atoms with Crippen LogP contribution in [0.4, 0.5) is 15.5 Å². The summed E-state index contributed by atoms with van der Waals surface area (Å²) in [7, 11) is -3.52. The zero-order valence-electron chi connectivity index (χ0n) is 30.5. The fourth-order valence-electron chi connectivity index (χ4n) is 8.65. The summed E-state index contributed by atoms with van der Waals surface area (Å²) in [5, 5.41) is 34.5. The minimum absolute atomic E-state index is 0.115. The molecule has 2 aliphatic rings. The van der Waals surface area contributed by atoms with E-state index >= 15 is 4.11 Å². The summed E-state index contributed by atoms with van der Waals surface area (Å²) >= 11 is 0. The molecule has 5 atom stereocenters. The van der Waals surface area contributed by atoms with Gasteiger partial charge in [-0.2, -0.15) is 0 Å². The van der Waals surface area contributed by atoms with E-state index in [1.165, 1.54) is 16.8 Å². The van der Waals surface area contributed by atoms with Gasteiger partial charge in [0.1, 0.15) is 0 Å². The Balaban J connectivity index is 1.09. The molecule has 1 spiro atoms. The number of aromatic amines is 1. The Labute approximate surface area is 316 Å². The minimum Gasteiger partial charge on any atom is -0.395 e. The van der Waals surface area contributed by atoms with Crippen molar-refractivity contribution in [2.75, 3.05) is 11.5 Å². The van der Waals surface area contributed by atoms with E-state index in [0.717, 1.165) is 11.1 Å². The zero-order chi connectivity index (χ0) is 38.6. The molecule has 6 aromatic rings. The largest absolute Gasteiger partial charge is 0.395 e. The quantitative estimate of drug-likeness (QED) is 0.0668. The van der Waals surface area contributed by atoms with Crippen LogP contribution in [0.3, 0.4) is 0 Å². The Hall–Kier alpha value is -5.77. The van der Waals surface area contributed by atoms with Gasteiger partial charge in [-0.1, -0.05) is 66.7 Å². The number of fused-ring (bicyclic) bond motifs is 3. The van der Waals surface area contributed by atoms with Gasteiger partial charge >= 0.3 is 0 Å². The molecule has 1 unspecified atom stereocenters. The number of benzene rings is 4. The lowest BCUT2D eigenvalue weighted by Gasteiger charge is -2.31. The first kappa shape index (κ1) is 36.2. The SMILES string of the molecule is C[C@@H]1[C@@H]([Si](C)(C)F)[C@H](CCn2cc(C(CO)c3ccccc3)nn2)O[C@@]12C(=O)N(Cc1ccc(-n3[nH]c4ccccc4c3=O)cc1)c1ccc([N+](=O)[O-])cc12. The highest BCUT2D eigenvalue weighted by Crippen LogP contribution is 2.60. The van der Waals surface area contributed by atoms with Crippen molar-refractivity contribution in [2.24, 2.45) is 5.92 Å². The molecule has 1 saturated heterocycles. The third-order valence-corrected chi connectivity index (χ3v) is 13.7. The molecular formula is C40H40FN7O6Si. The summed E-state index contributed by atoms with van der Waals surface area (Å²) in [6.45, 7) is 5.29. The van der Waals surface area contributed by atoms with Crippen LogP contribution in [0.2, 0.25) is 18.6 Å². The van der Waals surface area contributed by atoms with Crippen molar-refractivity contribution in [1.29, 1.82) is 0 Å². The smallest absolute Gasteiger partial charge is 0.279 e. The Morgan fingerprint density at radius 1 is 1.04 bits per heavy atom. The number of nitrogens with zero attached hydrogens (tertiary/aromatic N) is 6. The summed E-state index contributed by atoms with van der Waals surface area (Å²) in [5.41, 5.74) is 1.71. The number of carbonyl (C=O) groups is 1. The molecule has 0 saturated carbocycles. The van der Waals surface area contributed by atoms with Crippen LogP contribution < -0.4 is 10.5 Å². The maximum Gasteiger partial charge on any atom is 0.279 e. The van der Waals surface area contributed by atoms with Crippen molar-refractivity contribution < 1.29 is 23.7 Å². The number of aliphatic hydroxyl groups excluding tert-OH is 1. The second-order valence-corrected chi connectivity index (χ2v) is 18.7. The number of aromatic nitrogens is 5. The van der Waals surface area contributed by atoms with Gasteiger partial charge < -0.3 is 18.9 Å². The Bertz CT molecular complexity index is 2460. The number of ether oxygens (including phenoxy) is 1. The van der Waals surface area contributed by atoms with Crippen LogP contribution in [0.1, 0.15) is 41.6 Å². The van der Waals surface area contributed by atoms with E-state index in [2.05, 4.69) is 15.4 Å². The number of nitrogens with one attached hydrogen (secondary N) is 1. The third kappa shape index (κ3) is 6.17. The van der Waals surface area contributed by atoms with E-state index < -0.39 is 42.4 Å². The zero-order valence-corrected chi connectivity index (χ0v) is 31.5. The fraction of sp³-hybridized carbons (Fsp3) is 0.300. The first-order valence-electron chi connectivity index (χ1n) is 18.2. The standard InChI is InChI=1S/C40H40FN7O6Si/c1-25-37(55(2,3)41)36(19-20-45-23-34(42-44-45)31(24-49)27-9-5-4-6-10-27)54-40(25)32-21-29(48(52)53)17-18-35(32)46(39(40)51)22-26-13-15-28(16-14-26)47-38(50)30-11-7-8-12-33(30)43-47/h4-18,21,23,25,31,36-37,43,49H,19-20,22,24H2,1-3H3/t25-,31?,36+,37-,40+/m1/s1. The lowest BCUT2D eigenvalue weighted by Crippen LogP contribution is -2.45. The van der Waals surface area contributed by atoms with E-state index in [1.807, 2.05) is 61.5 Å². The van der Waals surface area contributed by atoms with Crippen molar-refractivity contribution >= 4 is 36.6 Å². The van der Waals surface area contributed by atoms with Crippen LogP contribution in [0.5, 0.6) is 0 Å². The normalized spacial score (nSPS) is 21.4.